The summed E-state index contributed by atoms with van der Waals surface area (Å²) >= 11 is 0. The third-order valence-electron chi connectivity index (χ3n) is 7.08. The first kappa shape index (κ1) is 18.9. The average Bonchev–Trinajstić information content (AvgIpc) is 3.54. The Labute approximate surface area is 185 Å². The maximum atomic E-state index is 14.0. The van der Waals surface area contributed by atoms with Gasteiger partial charge in [0.05, 0.1) is 5.56 Å². The van der Waals surface area contributed by atoms with Crippen LogP contribution in [0.3, 0.4) is 0 Å². The monoisotopic (exact) mass is 425 g/mol. The van der Waals surface area contributed by atoms with E-state index >= 15 is 0 Å². The van der Waals surface area contributed by atoms with Crippen molar-refractivity contribution >= 4 is 28.4 Å². The summed E-state index contributed by atoms with van der Waals surface area (Å²) in [5.41, 5.74) is 2.53. The lowest BCUT2D eigenvalue weighted by Gasteiger charge is -2.33. The second-order valence-electron chi connectivity index (χ2n) is 8.69. The van der Waals surface area contributed by atoms with Gasteiger partial charge in [-0.25, -0.2) is 4.98 Å². The van der Waals surface area contributed by atoms with Gasteiger partial charge in [0, 0.05) is 55.8 Å². The summed E-state index contributed by atoms with van der Waals surface area (Å²) in [5.74, 6) is 0.562. The van der Waals surface area contributed by atoms with Gasteiger partial charge in [-0.1, -0.05) is 36.4 Å². The number of likely N-dealkylation sites (tertiary alicyclic amines) is 1. The number of benzene rings is 2. The van der Waals surface area contributed by atoms with Crippen LogP contribution in [0.5, 0.6) is 0 Å². The van der Waals surface area contributed by atoms with Crippen LogP contribution in [0.1, 0.15) is 34.2 Å². The van der Waals surface area contributed by atoms with E-state index in [0.717, 1.165) is 22.2 Å². The number of aryl methyl sites for hydroxylation is 2. The molecule has 0 aliphatic carbocycles. The van der Waals surface area contributed by atoms with Crippen LogP contribution in [0.15, 0.2) is 67.1 Å². The van der Waals surface area contributed by atoms with Crippen LogP contribution in [-0.4, -0.2) is 37.4 Å². The summed E-state index contributed by atoms with van der Waals surface area (Å²) in [6, 6.07) is 15.2. The minimum atomic E-state index is -0.865. The van der Waals surface area contributed by atoms with E-state index in [4.69, 9.17) is 0 Å². The molecule has 7 nitrogen and oxygen atoms in total. The van der Waals surface area contributed by atoms with E-state index in [0.29, 0.717) is 24.4 Å². The quantitative estimate of drug-likeness (QED) is 0.535. The van der Waals surface area contributed by atoms with Gasteiger partial charge in [-0.05, 0) is 24.1 Å². The fourth-order valence-electron chi connectivity index (χ4n) is 5.57. The molecule has 2 amide bonds. The Balaban J connectivity index is 1.54. The predicted molar refractivity (Wildman–Crippen MR) is 121 cm³/mol. The zero-order chi connectivity index (χ0) is 22.0. The largest absolute Gasteiger partial charge is 0.350 e. The molecule has 2 atom stereocenters. The van der Waals surface area contributed by atoms with Crippen molar-refractivity contribution < 1.29 is 9.59 Å². The molecule has 7 heteroatoms. The smallest absolute Gasteiger partial charge is 0.256 e. The molecule has 1 N–H and O–H groups in total. The lowest BCUT2D eigenvalue weighted by molar-refractivity contribution is -0.121. The minimum Gasteiger partial charge on any atom is -0.350 e. The third kappa shape index (κ3) is 2.33. The van der Waals surface area contributed by atoms with E-state index in [-0.39, 0.29) is 11.8 Å². The average molecular weight is 425 g/mol. The summed E-state index contributed by atoms with van der Waals surface area (Å²) < 4.78 is 3.89. The van der Waals surface area contributed by atoms with Crippen LogP contribution in [-0.2, 0) is 24.3 Å². The van der Waals surface area contributed by atoms with Crippen LogP contribution in [0.2, 0.25) is 0 Å². The first-order chi connectivity index (χ1) is 15.5. The summed E-state index contributed by atoms with van der Waals surface area (Å²) in [4.78, 5) is 33.9. The highest BCUT2D eigenvalue weighted by Gasteiger charge is 2.60. The molecule has 0 saturated carbocycles. The molecule has 1 fully saturated rings. The number of amides is 2. The highest BCUT2D eigenvalue weighted by molar-refractivity contribution is 6.10. The number of anilines is 1. The van der Waals surface area contributed by atoms with Crippen molar-refractivity contribution in [1.29, 1.82) is 0 Å². The van der Waals surface area contributed by atoms with E-state index in [2.05, 4.69) is 10.3 Å². The minimum absolute atomic E-state index is 0.0695. The van der Waals surface area contributed by atoms with Gasteiger partial charge in [-0.2, -0.15) is 0 Å². The lowest BCUT2D eigenvalue weighted by atomic mass is 9.74. The summed E-state index contributed by atoms with van der Waals surface area (Å²) in [5, 5.41) is 3.97. The van der Waals surface area contributed by atoms with Crippen molar-refractivity contribution in [2.75, 3.05) is 11.9 Å². The second-order valence-corrected chi connectivity index (χ2v) is 8.69. The zero-order valence-electron chi connectivity index (χ0n) is 17.9. The van der Waals surface area contributed by atoms with E-state index in [1.54, 1.807) is 6.20 Å². The number of carbonyl (C=O) groups is 2. The fourth-order valence-corrected chi connectivity index (χ4v) is 5.57. The number of hydrogen-bond donors (Lipinski definition) is 1. The van der Waals surface area contributed by atoms with Crippen LogP contribution in [0, 0.1) is 0 Å². The Hall–Kier alpha value is -3.87. The molecule has 1 spiro atoms. The van der Waals surface area contributed by atoms with Crippen LogP contribution in [0.4, 0.5) is 5.69 Å². The van der Waals surface area contributed by atoms with Gasteiger partial charge in [-0.15, -0.1) is 0 Å². The van der Waals surface area contributed by atoms with Crippen molar-refractivity contribution in [2.24, 2.45) is 14.1 Å². The highest BCUT2D eigenvalue weighted by Crippen LogP contribution is 2.54. The van der Waals surface area contributed by atoms with Crippen molar-refractivity contribution in [3.8, 4) is 0 Å². The van der Waals surface area contributed by atoms with Crippen molar-refractivity contribution in [1.82, 2.24) is 19.0 Å². The SMILES string of the molecule is Cn1ccnc1[C@@H]1N(C(=O)c2cn(C)c3ccccc23)CC[C@]12C(=O)Nc1ccccc12. The predicted octanol–water partition coefficient (Wildman–Crippen LogP) is 3.39. The molecule has 2 aromatic carbocycles. The summed E-state index contributed by atoms with van der Waals surface area (Å²) in [6.07, 6.45) is 6.02. The Bertz CT molecular complexity index is 1400. The normalized spacial score (nSPS) is 22.0. The Morgan fingerprint density at radius 3 is 2.69 bits per heavy atom. The second kappa shape index (κ2) is 6.56. The van der Waals surface area contributed by atoms with Crippen LogP contribution in [0.25, 0.3) is 10.9 Å². The number of fused-ring (bicyclic) bond motifs is 3. The number of rotatable bonds is 2. The van der Waals surface area contributed by atoms with Crippen molar-refractivity contribution in [3.05, 3.63) is 84.1 Å². The topological polar surface area (TPSA) is 72.2 Å². The lowest BCUT2D eigenvalue weighted by Crippen LogP contribution is -2.43. The first-order valence-electron chi connectivity index (χ1n) is 10.8. The number of hydrogen-bond acceptors (Lipinski definition) is 3. The number of imidazole rings is 1. The molecule has 4 heterocycles. The molecule has 0 radical (unpaired) electrons. The van der Waals surface area contributed by atoms with Gasteiger partial charge < -0.3 is 19.4 Å². The van der Waals surface area contributed by atoms with Crippen molar-refractivity contribution in [3.63, 3.8) is 0 Å². The number of para-hydroxylation sites is 2. The molecule has 4 aromatic rings. The van der Waals surface area contributed by atoms with Gasteiger partial charge in [0.1, 0.15) is 17.3 Å². The summed E-state index contributed by atoms with van der Waals surface area (Å²) in [7, 11) is 3.86. The van der Waals surface area contributed by atoms with Gasteiger partial charge >= 0.3 is 0 Å². The van der Waals surface area contributed by atoms with Crippen LogP contribution >= 0.6 is 0 Å². The van der Waals surface area contributed by atoms with Crippen LogP contribution < -0.4 is 5.32 Å². The zero-order valence-corrected chi connectivity index (χ0v) is 17.9. The molecule has 160 valence electrons. The van der Waals surface area contributed by atoms with Gasteiger partial charge in [0.2, 0.25) is 5.91 Å². The maximum Gasteiger partial charge on any atom is 0.256 e. The molecule has 2 aliphatic rings. The number of nitrogens with one attached hydrogen (secondary N) is 1. The molecular weight excluding hydrogens is 402 g/mol. The molecule has 0 bridgehead atoms. The molecule has 1 saturated heterocycles. The standard InChI is InChI=1S/C25H23N5O2/c1-28-14-12-26-22(28)21-25(18-8-4-5-9-19(18)27-24(25)32)11-13-30(21)23(31)17-15-29(2)20-10-6-3-7-16(17)20/h3-10,12,14-15,21H,11,13H2,1-2H3,(H,27,32)/t21-,25+/m0/s1. The Kier molecular flexibility index (Phi) is 3.87. The molecule has 2 aromatic heterocycles. The number of aromatic nitrogens is 3. The summed E-state index contributed by atoms with van der Waals surface area (Å²) in [6.45, 7) is 0.474. The van der Waals surface area contributed by atoms with E-state index in [9.17, 15) is 9.59 Å². The number of nitrogens with zero attached hydrogens (tertiary/aromatic N) is 4. The Morgan fingerprint density at radius 1 is 1.09 bits per heavy atom. The fraction of sp³-hybridized carbons (Fsp3) is 0.240. The molecule has 32 heavy (non-hydrogen) atoms. The maximum absolute atomic E-state index is 14.0. The van der Waals surface area contributed by atoms with Gasteiger partial charge in [0.25, 0.3) is 5.91 Å². The molecular formula is C25H23N5O2. The van der Waals surface area contributed by atoms with Gasteiger partial charge in [0.15, 0.2) is 0 Å². The van der Waals surface area contributed by atoms with Gasteiger partial charge in [-0.3, -0.25) is 9.59 Å². The molecule has 2 aliphatic heterocycles. The Morgan fingerprint density at radius 2 is 1.88 bits per heavy atom. The third-order valence-corrected chi connectivity index (χ3v) is 7.08. The number of carbonyl (C=O) groups excluding carboxylic acids is 2. The molecule has 6 rings (SSSR count). The van der Waals surface area contributed by atoms with E-state index in [1.807, 2.05) is 89.1 Å². The highest BCUT2D eigenvalue weighted by atomic mass is 16.2. The van der Waals surface area contributed by atoms with Crippen molar-refractivity contribution in [2.45, 2.75) is 17.9 Å². The molecule has 0 unspecified atom stereocenters. The van der Waals surface area contributed by atoms with E-state index in [1.165, 1.54) is 0 Å². The van der Waals surface area contributed by atoms with E-state index < -0.39 is 11.5 Å². The first-order valence-corrected chi connectivity index (χ1v) is 10.8.